The number of rotatable bonds is 4. The Morgan fingerprint density at radius 1 is 1.03 bits per heavy atom. The molecule has 0 radical (unpaired) electrons. The molecule has 2 aromatic heterocycles. The van der Waals surface area contributed by atoms with Crippen molar-refractivity contribution in [3.05, 3.63) is 53.5 Å². The SMILES string of the molecule is CN1C(=O)N(CCN2CCN(c3nccc4sccc34)CC2)Cc2ccccc21. The number of hydrogen-bond donors (Lipinski definition) is 0. The van der Waals surface area contributed by atoms with Crippen molar-refractivity contribution in [2.45, 2.75) is 6.54 Å². The molecule has 150 valence electrons. The van der Waals surface area contributed by atoms with Gasteiger partial charge in [-0.05, 0) is 29.1 Å². The summed E-state index contributed by atoms with van der Waals surface area (Å²) in [6.07, 6.45) is 1.91. The van der Waals surface area contributed by atoms with E-state index in [2.05, 4.69) is 38.4 Å². The molecular weight excluding hydrogens is 382 g/mol. The van der Waals surface area contributed by atoms with E-state index in [9.17, 15) is 4.79 Å². The van der Waals surface area contributed by atoms with Gasteiger partial charge >= 0.3 is 6.03 Å². The van der Waals surface area contributed by atoms with E-state index in [1.807, 2.05) is 36.3 Å². The number of para-hydroxylation sites is 1. The molecule has 2 amide bonds. The van der Waals surface area contributed by atoms with Crippen molar-refractivity contribution in [3.8, 4) is 0 Å². The Balaban J connectivity index is 1.19. The molecule has 0 N–H and O–H groups in total. The fourth-order valence-electron chi connectivity index (χ4n) is 4.31. The molecule has 0 aliphatic carbocycles. The average molecular weight is 408 g/mol. The molecule has 2 aliphatic rings. The summed E-state index contributed by atoms with van der Waals surface area (Å²) in [7, 11) is 1.87. The van der Waals surface area contributed by atoms with Crippen LogP contribution in [0.25, 0.3) is 10.1 Å². The molecule has 29 heavy (non-hydrogen) atoms. The van der Waals surface area contributed by atoms with Gasteiger partial charge in [-0.15, -0.1) is 11.3 Å². The Hall–Kier alpha value is -2.64. The minimum atomic E-state index is 0.0932. The van der Waals surface area contributed by atoms with E-state index in [-0.39, 0.29) is 6.03 Å². The third-order valence-electron chi connectivity index (χ3n) is 5.99. The number of fused-ring (bicyclic) bond motifs is 2. The number of carbonyl (C=O) groups excluding carboxylic acids is 1. The summed E-state index contributed by atoms with van der Waals surface area (Å²) in [5.74, 6) is 1.10. The Morgan fingerprint density at radius 2 is 1.86 bits per heavy atom. The van der Waals surface area contributed by atoms with Gasteiger partial charge in [-0.3, -0.25) is 9.80 Å². The van der Waals surface area contributed by atoms with Crippen LogP contribution in [-0.2, 0) is 6.54 Å². The number of piperazine rings is 1. The molecule has 0 unspecified atom stereocenters. The molecule has 2 aliphatic heterocycles. The van der Waals surface area contributed by atoms with E-state index in [0.29, 0.717) is 6.54 Å². The van der Waals surface area contributed by atoms with E-state index in [1.165, 1.54) is 15.6 Å². The highest BCUT2D eigenvalue weighted by molar-refractivity contribution is 7.17. The Morgan fingerprint density at radius 3 is 2.72 bits per heavy atom. The number of aromatic nitrogens is 1. The van der Waals surface area contributed by atoms with E-state index in [1.54, 1.807) is 16.2 Å². The predicted molar refractivity (Wildman–Crippen MR) is 119 cm³/mol. The lowest BCUT2D eigenvalue weighted by atomic mass is 10.1. The molecule has 0 bridgehead atoms. The zero-order valence-electron chi connectivity index (χ0n) is 16.6. The first-order valence-electron chi connectivity index (χ1n) is 10.1. The van der Waals surface area contributed by atoms with Crippen molar-refractivity contribution in [2.75, 3.05) is 56.1 Å². The first-order valence-corrected chi connectivity index (χ1v) is 11.0. The maximum atomic E-state index is 12.7. The minimum absolute atomic E-state index is 0.0932. The van der Waals surface area contributed by atoms with Gasteiger partial charge in [-0.25, -0.2) is 9.78 Å². The molecule has 0 spiro atoms. The van der Waals surface area contributed by atoms with Crippen LogP contribution in [0.15, 0.2) is 48.0 Å². The zero-order chi connectivity index (χ0) is 19.8. The second kappa shape index (κ2) is 7.65. The number of anilines is 2. The monoisotopic (exact) mass is 407 g/mol. The number of thiophene rings is 1. The number of pyridine rings is 1. The van der Waals surface area contributed by atoms with Gasteiger partial charge in [0.05, 0.1) is 5.69 Å². The molecule has 0 saturated carbocycles. The highest BCUT2D eigenvalue weighted by atomic mass is 32.1. The first-order chi connectivity index (χ1) is 14.2. The number of benzene rings is 1. The fourth-order valence-corrected chi connectivity index (χ4v) is 5.09. The molecule has 6 nitrogen and oxygen atoms in total. The molecule has 7 heteroatoms. The van der Waals surface area contributed by atoms with Crippen LogP contribution in [0.3, 0.4) is 0 Å². The number of hydrogen-bond acceptors (Lipinski definition) is 5. The van der Waals surface area contributed by atoms with E-state index in [0.717, 1.165) is 50.8 Å². The van der Waals surface area contributed by atoms with Crippen LogP contribution >= 0.6 is 11.3 Å². The maximum Gasteiger partial charge on any atom is 0.324 e. The third kappa shape index (κ3) is 3.45. The quantitative estimate of drug-likeness (QED) is 0.664. The van der Waals surface area contributed by atoms with Gasteiger partial charge in [0.1, 0.15) is 5.82 Å². The van der Waals surface area contributed by atoms with Crippen molar-refractivity contribution < 1.29 is 4.79 Å². The Kier molecular flexibility index (Phi) is 4.85. The van der Waals surface area contributed by atoms with Gasteiger partial charge in [-0.2, -0.15) is 0 Å². The van der Waals surface area contributed by atoms with Crippen molar-refractivity contribution in [2.24, 2.45) is 0 Å². The highest BCUT2D eigenvalue weighted by Gasteiger charge is 2.28. The zero-order valence-corrected chi connectivity index (χ0v) is 17.4. The molecule has 1 aromatic carbocycles. The molecule has 4 heterocycles. The lowest BCUT2D eigenvalue weighted by Crippen LogP contribution is -2.51. The van der Waals surface area contributed by atoms with Gasteiger partial charge in [0.15, 0.2) is 0 Å². The van der Waals surface area contributed by atoms with Crippen LogP contribution in [0.5, 0.6) is 0 Å². The number of urea groups is 1. The summed E-state index contributed by atoms with van der Waals surface area (Å²) >= 11 is 1.77. The summed E-state index contributed by atoms with van der Waals surface area (Å²) in [5.41, 5.74) is 2.24. The minimum Gasteiger partial charge on any atom is -0.354 e. The lowest BCUT2D eigenvalue weighted by molar-refractivity contribution is 0.179. The molecular formula is C22H25N5OS. The van der Waals surface area contributed by atoms with Gasteiger partial charge in [0.25, 0.3) is 0 Å². The number of amides is 2. The normalized spacial score (nSPS) is 17.8. The van der Waals surface area contributed by atoms with Crippen molar-refractivity contribution in [3.63, 3.8) is 0 Å². The second-order valence-electron chi connectivity index (χ2n) is 7.69. The van der Waals surface area contributed by atoms with Gasteiger partial charge < -0.3 is 9.80 Å². The maximum absolute atomic E-state index is 12.7. The van der Waals surface area contributed by atoms with Crippen LogP contribution in [-0.4, -0.2) is 67.1 Å². The molecule has 5 rings (SSSR count). The molecule has 1 fully saturated rings. The summed E-state index contributed by atoms with van der Waals surface area (Å²) in [4.78, 5) is 25.9. The van der Waals surface area contributed by atoms with Crippen LogP contribution in [0, 0.1) is 0 Å². The summed E-state index contributed by atoms with van der Waals surface area (Å²) in [5, 5.41) is 3.39. The molecule has 3 aromatic rings. The number of nitrogens with zero attached hydrogens (tertiary/aromatic N) is 5. The van der Waals surface area contributed by atoms with Crippen LogP contribution in [0.1, 0.15) is 5.56 Å². The van der Waals surface area contributed by atoms with Gasteiger partial charge in [0.2, 0.25) is 0 Å². The van der Waals surface area contributed by atoms with Crippen molar-refractivity contribution >= 4 is 39.0 Å². The fraction of sp³-hybridized carbons (Fsp3) is 0.364. The van der Waals surface area contributed by atoms with E-state index >= 15 is 0 Å². The average Bonchev–Trinajstić information content (AvgIpc) is 3.25. The van der Waals surface area contributed by atoms with Gasteiger partial charge in [-0.1, -0.05) is 18.2 Å². The van der Waals surface area contributed by atoms with Crippen molar-refractivity contribution in [1.29, 1.82) is 0 Å². The smallest absolute Gasteiger partial charge is 0.324 e. The molecule has 0 atom stereocenters. The predicted octanol–water partition coefficient (Wildman–Crippen LogP) is 3.49. The van der Waals surface area contributed by atoms with E-state index in [4.69, 9.17) is 0 Å². The number of carbonyl (C=O) groups is 1. The van der Waals surface area contributed by atoms with Crippen LogP contribution < -0.4 is 9.80 Å². The Bertz CT molecular complexity index is 1030. The highest BCUT2D eigenvalue weighted by Crippen LogP contribution is 2.29. The van der Waals surface area contributed by atoms with E-state index < -0.39 is 0 Å². The first kappa shape index (κ1) is 18.4. The standard InChI is InChI=1S/C22H25N5OS/c1-24-19-5-3-2-4-17(19)16-27(22(24)28)14-11-25-9-12-26(13-10-25)21-18-7-15-29-20(18)6-8-23-21/h2-8,15H,9-14,16H2,1H3. The summed E-state index contributed by atoms with van der Waals surface area (Å²) in [6.45, 7) is 6.30. The lowest BCUT2D eigenvalue weighted by Gasteiger charge is -2.38. The van der Waals surface area contributed by atoms with Crippen LogP contribution in [0.2, 0.25) is 0 Å². The molecule has 1 saturated heterocycles. The summed E-state index contributed by atoms with van der Waals surface area (Å²) in [6, 6.07) is 12.5. The third-order valence-corrected chi connectivity index (χ3v) is 6.87. The van der Waals surface area contributed by atoms with Crippen LogP contribution in [0.4, 0.5) is 16.3 Å². The largest absolute Gasteiger partial charge is 0.354 e. The topological polar surface area (TPSA) is 42.9 Å². The summed E-state index contributed by atoms with van der Waals surface area (Å²) < 4.78 is 1.30. The second-order valence-corrected chi connectivity index (χ2v) is 8.64. The Labute approximate surface area is 175 Å². The van der Waals surface area contributed by atoms with Gasteiger partial charge in [0, 0.05) is 69.1 Å². The van der Waals surface area contributed by atoms with Crippen molar-refractivity contribution in [1.82, 2.24) is 14.8 Å².